The molecule has 0 amide bonds. The average molecular weight is 347 g/mol. The summed E-state index contributed by atoms with van der Waals surface area (Å²) in [6.45, 7) is 0. The third-order valence-corrected chi connectivity index (χ3v) is 5.62. The maximum Gasteiger partial charge on any atom is 0.155 e. The van der Waals surface area contributed by atoms with Crippen LogP contribution in [0.3, 0.4) is 0 Å². The first kappa shape index (κ1) is 12.7. The van der Waals surface area contributed by atoms with Crippen molar-refractivity contribution in [2.24, 2.45) is 0 Å². The molecule has 0 N–H and O–H groups in total. The maximum absolute atomic E-state index is 8.85. The van der Waals surface area contributed by atoms with Crippen molar-refractivity contribution in [2.45, 2.75) is 9.24 Å². The summed E-state index contributed by atoms with van der Waals surface area (Å²) in [4.78, 5) is 5.65. The Kier molecular flexibility index (Phi) is 3.56. The fourth-order valence-electron chi connectivity index (χ4n) is 1.64. The van der Waals surface area contributed by atoms with E-state index in [2.05, 4.69) is 33.0 Å². The Labute approximate surface area is 127 Å². The first-order valence-electron chi connectivity index (χ1n) is 5.49. The lowest BCUT2D eigenvalue weighted by molar-refractivity contribution is 1.28. The molecule has 0 aliphatic heterocycles. The Morgan fingerprint density at radius 2 is 2.05 bits per heavy atom. The van der Waals surface area contributed by atoms with Crippen molar-refractivity contribution in [3.63, 3.8) is 0 Å². The van der Waals surface area contributed by atoms with Crippen LogP contribution in [0.15, 0.2) is 56.2 Å². The second-order valence-electron chi connectivity index (χ2n) is 3.81. The maximum atomic E-state index is 8.85. The second-order valence-corrected chi connectivity index (χ2v) is 6.98. The Bertz CT molecular complexity index is 756. The predicted molar refractivity (Wildman–Crippen MR) is 82.6 cm³/mol. The molecule has 1 aromatic heterocycles. The van der Waals surface area contributed by atoms with Crippen molar-refractivity contribution >= 4 is 49.2 Å². The molecule has 0 fully saturated rings. The molecule has 0 aliphatic carbocycles. The third kappa shape index (κ3) is 2.66. The number of nitrogens with zero attached hydrogens (tertiary/aromatic N) is 2. The van der Waals surface area contributed by atoms with Gasteiger partial charge in [0.2, 0.25) is 0 Å². The summed E-state index contributed by atoms with van der Waals surface area (Å²) >= 11 is 6.78. The van der Waals surface area contributed by atoms with Crippen molar-refractivity contribution in [1.82, 2.24) is 4.98 Å². The van der Waals surface area contributed by atoms with Crippen LogP contribution in [0.25, 0.3) is 10.2 Å². The van der Waals surface area contributed by atoms with Crippen LogP contribution in [0.1, 0.15) is 5.56 Å². The molecular weight excluding hydrogens is 340 g/mol. The van der Waals surface area contributed by atoms with E-state index in [4.69, 9.17) is 5.26 Å². The highest BCUT2D eigenvalue weighted by atomic mass is 79.9. The van der Waals surface area contributed by atoms with E-state index in [0.717, 1.165) is 19.2 Å². The zero-order chi connectivity index (χ0) is 13.2. The molecule has 2 nitrogen and oxygen atoms in total. The fraction of sp³-hybridized carbons (Fsp3) is 0. The molecule has 3 aromatic rings. The van der Waals surface area contributed by atoms with Crippen molar-refractivity contribution in [3.8, 4) is 6.07 Å². The van der Waals surface area contributed by atoms with Gasteiger partial charge in [0.25, 0.3) is 0 Å². The highest BCUT2D eigenvalue weighted by Gasteiger charge is 2.08. The van der Waals surface area contributed by atoms with E-state index in [1.807, 2.05) is 36.4 Å². The number of thiazole rings is 1. The van der Waals surface area contributed by atoms with E-state index in [9.17, 15) is 0 Å². The van der Waals surface area contributed by atoms with E-state index in [-0.39, 0.29) is 0 Å². The molecular formula is C14H7BrN2S2. The number of hydrogen-bond donors (Lipinski definition) is 0. The zero-order valence-electron chi connectivity index (χ0n) is 9.63. The van der Waals surface area contributed by atoms with Gasteiger partial charge in [-0.1, -0.05) is 23.9 Å². The number of benzene rings is 2. The quantitative estimate of drug-likeness (QED) is 0.648. The topological polar surface area (TPSA) is 36.7 Å². The molecule has 5 heteroatoms. The molecule has 19 heavy (non-hydrogen) atoms. The molecule has 0 aliphatic rings. The molecule has 0 saturated heterocycles. The molecule has 0 spiro atoms. The van der Waals surface area contributed by atoms with Crippen LogP contribution in [0.4, 0.5) is 0 Å². The highest BCUT2D eigenvalue weighted by Crippen LogP contribution is 2.37. The first-order valence-corrected chi connectivity index (χ1v) is 7.92. The summed E-state index contributed by atoms with van der Waals surface area (Å²) < 4.78 is 3.12. The number of rotatable bonds is 2. The Balaban J connectivity index is 1.94. The van der Waals surface area contributed by atoms with Gasteiger partial charge in [0, 0.05) is 9.37 Å². The van der Waals surface area contributed by atoms with Crippen LogP contribution in [-0.2, 0) is 0 Å². The average Bonchev–Trinajstić information content (AvgIpc) is 2.83. The van der Waals surface area contributed by atoms with Gasteiger partial charge >= 0.3 is 0 Å². The van der Waals surface area contributed by atoms with Gasteiger partial charge in [-0.25, -0.2) is 4.98 Å². The van der Waals surface area contributed by atoms with Gasteiger partial charge in [0.1, 0.15) is 0 Å². The van der Waals surface area contributed by atoms with Crippen LogP contribution in [0.5, 0.6) is 0 Å². The van der Waals surface area contributed by atoms with E-state index in [0.29, 0.717) is 5.56 Å². The standard InChI is InChI=1S/C14H7BrN2S2/c15-10-7-9(8-16)5-6-12(10)18-14-17-11-3-1-2-4-13(11)19-14/h1-7H. The lowest BCUT2D eigenvalue weighted by Crippen LogP contribution is -1.78. The molecule has 0 radical (unpaired) electrons. The van der Waals surface area contributed by atoms with Gasteiger partial charge < -0.3 is 0 Å². The van der Waals surface area contributed by atoms with Crippen LogP contribution in [0, 0.1) is 11.3 Å². The van der Waals surface area contributed by atoms with Gasteiger partial charge in [-0.3, -0.25) is 0 Å². The minimum absolute atomic E-state index is 0.653. The van der Waals surface area contributed by atoms with Crippen molar-refractivity contribution < 1.29 is 0 Å². The van der Waals surface area contributed by atoms with E-state index in [1.54, 1.807) is 23.1 Å². The second kappa shape index (κ2) is 5.33. The van der Waals surface area contributed by atoms with Crippen LogP contribution in [-0.4, -0.2) is 4.98 Å². The summed E-state index contributed by atoms with van der Waals surface area (Å²) in [7, 11) is 0. The number of fused-ring (bicyclic) bond motifs is 1. The highest BCUT2D eigenvalue weighted by molar-refractivity contribution is 9.10. The number of para-hydroxylation sites is 1. The fourth-order valence-corrected chi connectivity index (χ4v) is 4.29. The number of halogens is 1. The summed E-state index contributed by atoms with van der Waals surface area (Å²) in [6.07, 6.45) is 0. The molecule has 0 saturated carbocycles. The molecule has 92 valence electrons. The molecule has 0 bridgehead atoms. The number of hydrogen-bond acceptors (Lipinski definition) is 4. The Hall–Kier alpha value is -1.35. The number of nitriles is 1. The van der Waals surface area contributed by atoms with E-state index in [1.165, 1.54) is 4.70 Å². The SMILES string of the molecule is N#Cc1ccc(Sc2nc3ccccc3s2)c(Br)c1. The number of aromatic nitrogens is 1. The minimum Gasteiger partial charge on any atom is -0.229 e. The van der Waals surface area contributed by atoms with Gasteiger partial charge in [-0.05, 0) is 46.3 Å². The summed E-state index contributed by atoms with van der Waals surface area (Å²) in [5.74, 6) is 0. The van der Waals surface area contributed by atoms with Crippen molar-refractivity contribution in [3.05, 3.63) is 52.5 Å². The van der Waals surface area contributed by atoms with Gasteiger partial charge in [0.05, 0.1) is 21.8 Å². The van der Waals surface area contributed by atoms with E-state index < -0.39 is 0 Å². The van der Waals surface area contributed by atoms with Crippen molar-refractivity contribution in [1.29, 1.82) is 5.26 Å². The predicted octanol–water partition coefficient (Wildman–Crippen LogP) is 5.08. The van der Waals surface area contributed by atoms with Gasteiger partial charge in [-0.2, -0.15) is 5.26 Å². The normalized spacial score (nSPS) is 10.5. The van der Waals surface area contributed by atoms with Crippen LogP contribution in [0.2, 0.25) is 0 Å². The first-order chi connectivity index (χ1) is 9.26. The summed E-state index contributed by atoms with van der Waals surface area (Å²) in [5.41, 5.74) is 1.68. The lowest BCUT2D eigenvalue weighted by atomic mass is 10.2. The molecule has 2 aromatic carbocycles. The lowest BCUT2D eigenvalue weighted by Gasteiger charge is -2.01. The van der Waals surface area contributed by atoms with Crippen molar-refractivity contribution in [2.75, 3.05) is 0 Å². The van der Waals surface area contributed by atoms with Crippen LogP contribution < -0.4 is 0 Å². The van der Waals surface area contributed by atoms with E-state index >= 15 is 0 Å². The summed E-state index contributed by atoms with van der Waals surface area (Å²) in [6, 6.07) is 15.8. The molecule has 3 rings (SSSR count). The molecule has 1 heterocycles. The van der Waals surface area contributed by atoms with Gasteiger partial charge in [-0.15, -0.1) is 11.3 Å². The van der Waals surface area contributed by atoms with Crippen LogP contribution >= 0.6 is 39.0 Å². The molecule has 0 atom stereocenters. The third-order valence-electron chi connectivity index (χ3n) is 2.53. The van der Waals surface area contributed by atoms with Gasteiger partial charge in [0.15, 0.2) is 4.34 Å². The summed E-state index contributed by atoms with van der Waals surface area (Å²) in [5, 5.41) is 8.85. The molecule has 0 unspecified atom stereocenters. The monoisotopic (exact) mass is 346 g/mol. The minimum atomic E-state index is 0.653. The largest absolute Gasteiger partial charge is 0.229 e. The Morgan fingerprint density at radius 1 is 1.21 bits per heavy atom. The smallest absolute Gasteiger partial charge is 0.155 e. The zero-order valence-corrected chi connectivity index (χ0v) is 12.8. The Morgan fingerprint density at radius 3 is 2.79 bits per heavy atom.